The van der Waals surface area contributed by atoms with E-state index in [0.717, 1.165) is 37.3 Å². The van der Waals surface area contributed by atoms with Gasteiger partial charge in [-0.2, -0.15) is 0 Å². The lowest BCUT2D eigenvalue weighted by molar-refractivity contribution is -0.115. The van der Waals surface area contributed by atoms with E-state index < -0.39 is 0 Å². The number of amides is 3. The Labute approximate surface area is 228 Å². The lowest BCUT2D eigenvalue weighted by Gasteiger charge is -2.29. The molecule has 9 heteroatoms. The van der Waals surface area contributed by atoms with Gasteiger partial charge in [0.25, 0.3) is 11.8 Å². The van der Waals surface area contributed by atoms with Crippen molar-refractivity contribution in [1.29, 1.82) is 0 Å². The molecule has 0 radical (unpaired) electrons. The zero-order chi connectivity index (χ0) is 27.0. The second kappa shape index (κ2) is 12.5. The van der Waals surface area contributed by atoms with Gasteiger partial charge in [-0.1, -0.05) is 30.3 Å². The number of rotatable bonds is 6. The third-order valence-corrected chi connectivity index (χ3v) is 7.16. The van der Waals surface area contributed by atoms with E-state index in [-0.39, 0.29) is 24.1 Å². The zero-order valence-electron chi connectivity index (χ0n) is 22.0. The van der Waals surface area contributed by atoms with Crippen LogP contribution in [0.25, 0.3) is 0 Å². The van der Waals surface area contributed by atoms with E-state index in [1.807, 2.05) is 52.3 Å². The number of aromatic nitrogens is 1. The second-order valence-corrected chi connectivity index (χ2v) is 9.86. The van der Waals surface area contributed by atoms with Gasteiger partial charge in [-0.05, 0) is 42.3 Å². The molecule has 2 saturated heterocycles. The predicted molar refractivity (Wildman–Crippen MR) is 151 cm³/mol. The number of piperazine rings is 1. The van der Waals surface area contributed by atoms with Gasteiger partial charge in [0.2, 0.25) is 5.91 Å². The Bertz CT molecular complexity index is 1290. The summed E-state index contributed by atoms with van der Waals surface area (Å²) in [5, 5.41) is 6.35. The molecule has 0 unspecified atom stereocenters. The Balaban J connectivity index is 1.36. The molecule has 9 nitrogen and oxygen atoms in total. The molecule has 2 aliphatic rings. The first-order chi connectivity index (χ1) is 19.1. The van der Waals surface area contributed by atoms with Crippen molar-refractivity contribution in [1.82, 2.24) is 20.1 Å². The van der Waals surface area contributed by atoms with E-state index in [1.54, 1.807) is 30.6 Å². The Morgan fingerprint density at radius 2 is 1.56 bits per heavy atom. The third-order valence-electron chi connectivity index (χ3n) is 7.16. The molecule has 0 spiro atoms. The minimum absolute atomic E-state index is 0.0293. The SMILES string of the molecule is O=C(Cc1ccccc1)Nc1cc(C(=O)N2CCNCC2)ccc1N1CCCN(C(=O)c2cccnc2)CC1. The van der Waals surface area contributed by atoms with E-state index in [9.17, 15) is 14.4 Å². The normalized spacial score (nSPS) is 15.9. The summed E-state index contributed by atoms with van der Waals surface area (Å²) in [6, 6.07) is 18.7. The van der Waals surface area contributed by atoms with E-state index in [0.29, 0.717) is 49.5 Å². The van der Waals surface area contributed by atoms with Gasteiger partial charge in [0, 0.05) is 70.3 Å². The first kappa shape index (κ1) is 26.4. The number of anilines is 2. The standard InChI is InChI=1S/C30H34N6O3/c37-28(20-23-6-2-1-3-7-23)33-26-21-24(29(38)36-16-12-31-13-17-36)9-10-27(26)34-14-5-15-35(19-18-34)30(39)25-8-4-11-32-22-25/h1-4,6-11,21-22,31H,5,12-20H2,(H,33,37). The van der Waals surface area contributed by atoms with Crippen LogP contribution in [0.2, 0.25) is 0 Å². The molecule has 2 fully saturated rings. The van der Waals surface area contributed by atoms with Crippen LogP contribution in [0, 0.1) is 0 Å². The van der Waals surface area contributed by atoms with Gasteiger partial charge in [-0.3, -0.25) is 19.4 Å². The number of carbonyl (C=O) groups excluding carboxylic acids is 3. The monoisotopic (exact) mass is 526 g/mol. The summed E-state index contributed by atoms with van der Waals surface area (Å²) >= 11 is 0. The van der Waals surface area contributed by atoms with E-state index in [4.69, 9.17) is 0 Å². The van der Waals surface area contributed by atoms with Crippen LogP contribution in [-0.2, 0) is 11.2 Å². The minimum Gasteiger partial charge on any atom is -0.368 e. The van der Waals surface area contributed by atoms with Crippen molar-refractivity contribution in [3.05, 3.63) is 89.7 Å². The Morgan fingerprint density at radius 1 is 0.795 bits per heavy atom. The smallest absolute Gasteiger partial charge is 0.255 e. The molecule has 3 aromatic rings. The predicted octanol–water partition coefficient (Wildman–Crippen LogP) is 2.66. The quantitative estimate of drug-likeness (QED) is 0.513. The molecule has 2 N–H and O–H groups in total. The molecule has 3 heterocycles. The highest BCUT2D eigenvalue weighted by Gasteiger charge is 2.24. The molecule has 5 rings (SSSR count). The number of nitrogens with zero attached hydrogens (tertiary/aromatic N) is 4. The van der Waals surface area contributed by atoms with Crippen molar-refractivity contribution in [2.24, 2.45) is 0 Å². The molecule has 202 valence electrons. The maximum atomic E-state index is 13.2. The van der Waals surface area contributed by atoms with Crippen molar-refractivity contribution in [3.63, 3.8) is 0 Å². The van der Waals surface area contributed by atoms with E-state index in [1.165, 1.54) is 0 Å². The van der Waals surface area contributed by atoms with Crippen molar-refractivity contribution in [2.75, 3.05) is 62.6 Å². The molecule has 2 aromatic carbocycles. The van der Waals surface area contributed by atoms with Gasteiger partial charge >= 0.3 is 0 Å². The van der Waals surface area contributed by atoms with Crippen molar-refractivity contribution in [2.45, 2.75) is 12.8 Å². The van der Waals surface area contributed by atoms with Gasteiger partial charge in [0.1, 0.15) is 0 Å². The summed E-state index contributed by atoms with van der Waals surface area (Å²) in [4.78, 5) is 49.3. The number of hydrogen-bond donors (Lipinski definition) is 2. The van der Waals surface area contributed by atoms with Crippen molar-refractivity contribution >= 4 is 29.1 Å². The molecule has 0 saturated carbocycles. The second-order valence-electron chi connectivity index (χ2n) is 9.86. The van der Waals surface area contributed by atoms with Crippen LogP contribution in [0.4, 0.5) is 11.4 Å². The number of nitrogens with one attached hydrogen (secondary N) is 2. The fraction of sp³-hybridized carbons (Fsp3) is 0.333. The fourth-order valence-corrected chi connectivity index (χ4v) is 5.10. The molecule has 39 heavy (non-hydrogen) atoms. The number of pyridine rings is 1. The van der Waals surface area contributed by atoms with Gasteiger partial charge in [-0.15, -0.1) is 0 Å². The molecular formula is C30H34N6O3. The third kappa shape index (κ3) is 6.61. The Kier molecular flexibility index (Phi) is 8.48. The summed E-state index contributed by atoms with van der Waals surface area (Å²) in [5.41, 5.74) is 3.52. The lowest BCUT2D eigenvalue weighted by atomic mass is 10.1. The topological polar surface area (TPSA) is 97.9 Å². The van der Waals surface area contributed by atoms with Crippen LogP contribution in [0.3, 0.4) is 0 Å². The van der Waals surface area contributed by atoms with E-state index in [2.05, 4.69) is 20.5 Å². The summed E-state index contributed by atoms with van der Waals surface area (Å²) in [6.07, 6.45) is 4.28. The summed E-state index contributed by atoms with van der Waals surface area (Å²) in [7, 11) is 0. The lowest BCUT2D eigenvalue weighted by Crippen LogP contribution is -2.46. The summed E-state index contributed by atoms with van der Waals surface area (Å²) < 4.78 is 0. The molecular weight excluding hydrogens is 492 g/mol. The zero-order valence-corrected chi connectivity index (χ0v) is 22.0. The van der Waals surface area contributed by atoms with Crippen LogP contribution in [0.1, 0.15) is 32.7 Å². The fourth-order valence-electron chi connectivity index (χ4n) is 5.10. The Hall–Kier alpha value is -4.24. The first-order valence-corrected chi connectivity index (χ1v) is 13.5. The molecule has 0 aliphatic carbocycles. The maximum Gasteiger partial charge on any atom is 0.255 e. The van der Waals surface area contributed by atoms with Gasteiger partial charge in [-0.25, -0.2) is 0 Å². The first-order valence-electron chi connectivity index (χ1n) is 13.5. The summed E-state index contributed by atoms with van der Waals surface area (Å²) in [6.45, 7) is 5.37. The molecule has 3 amide bonds. The highest BCUT2D eigenvalue weighted by Crippen LogP contribution is 2.29. The average Bonchev–Trinajstić information content (AvgIpc) is 3.24. The summed E-state index contributed by atoms with van der Waals surface area (Å²) in [5.74, 6) is -0.207. The van der Waals surface area contributed by atoms with Crippen LogP contribution in [-0.4, -0.2) is 84.9 Å². The highest BCUT2D eigenvalue weighted by atomic mass is 16.2. The Morgan fingerprint density at radius 3 is 2.33 bits per heavy atom. The molecule has 0 bridgehead atoms. The van der Waals surface area contributed by atoms with Crippen molar-refractivity contribution < 1.29 is 14.4 Å². The van der Waals surface area contributed by atoms with Gasteiger partial charge < -0.3 is 25.3 Å². The average molecular weight is 527 g/mol. The number of hydrogen-bond acceptors (Lipinski definition) is 6. The maximum absolute atomic E-state index is 13.2. The largest absolute Gasteiger partial charge is 0.368 e. The van der Waals surface area contributed by atoms with Gasteiger partial charge in [0.05, 0.1) is 23.4 Å². The van der Waals surface area contributed by atoms with Gasteiger partial charge in [0.15, 0.2) is 0 Å². The molecule has 0 atom stereocenters. The van der Waals surface area contributed by atoms with Crippen molar-refractivity contribution in [3.8, 4) is 0 Å². The van der Waals surface area contributed by atoms with Crippen LogP contribution in [0.15, 0.2) is 73.1 Å². The van der Waals surface area contributed by atoms with E-state index >= 15 is 0 Å². The molecule has 1 aromatic heterocycles. The molecule has 2 aliphatic heterocycles. The minimum atomic E-state index is -0.141. The van der Waals surface area contributed by atoms with Crippen LogP contribution in [0.5, 0.6) is 0 Å². The number of carbonyl (C=O) groups is 3. The van der Waals surface area contributed by atoms with Crippen LogP contribution < -0.4 is 15.5 Å². The highest BCUT2D eigenvalue weighted by molar-refractivity contribution is 6.00. The van der Waals surface area contributed by atoms with Crippen LogP contribution >= 0.6 is 0 Å². The number of benzene rings is 2.